The molecule has 0 unspecified atom stereocenters. The van der Waals surface area contributed by atoms with Crippen LogP contribution in [0.4, 0.5) is 0 Å². The highest BCUT2D eigenvalue weighted by molar-refractivity contribution is 5.82. The van der Waals surface area contributed by atoms with E-state index in [9.17, 15) is 4.79 Å². The Hall–Kier alpha value is -1.35. The molecule has 0 spiro atoms. The number of carbonyl (C=O) groups excluding carboxylic acids is 1. The fourth-order valence-corrected chi connectivity index (χ4v) is 2.63. The molecule has 0 bridgehead atoms. The Morgan fingerprint density at radius 3 is 2.05 bits per heavy atom. The third kappa shape index (κ3) is 7.08. The Labute approximate surface area is 135 Å². The molecule has 0 aliphatic heterocycles. The molecule has 1 rings (SSSR count). The van der Waals surface area contributed by atoms with Gasteiger partial charge in [0.1, 0.15) is 0 Å². The number of hydrogen-bond donors (Lipinski definition) is 1. The Morgan fingerprint density at radius 1 is 1.00 bits per heavy atom. The summed E-state index contributed by atoms with van der Waals surface area (Å²) in [6, 6.07) is 9.61. The molecule has 0 aromatic heterocycles. The Kier molecular flexibility index (Phi) is 9.56. The van der Waals surface area contributed by atoms with Crippen LogP contribution in [0.2, 0.25) is 0 Å². The van der Waals surface area contributed by atoms with Crippen molar-refractivity contribution in [1.29, 1.82) is 0 Å². The van der Waals surface area contributed by atoms with Gasteiger partial charge in [0.15, 0.2) is 0 Å². The second-order valence-electron chi connectivity index (χ2n) is 6.04. The van der Waals surface area contributed by atoms with Crippen LogP contribution >= 0.6 is 0 Å². The topological polar surface area (TPSA) is 46.3 Å². The lowest BCUT2D eigenvalue weighted by Gasteiger charge is -2.26. The first-order valence-electron chi connectivity index (χ1n) is 8.77. The first-order valence-corrected chi connectivity index (χ1v) is 8.77. The van der Waals surface area contributed by atoms with Gasteiger partial charge in [0.05, 0.1) is 6.04 Å². The molecule has 0 saturated carbocycles. The van der Waals surface area contributed by atoms with Gasteiger partial charge in [-0.3, -0.25) is 4.79 Å². The summed E-state index contributed by atoms with van der Waals surface area (Å²) in [4.78, 5) is 14.6. The maximum absolute atomic E-state index is 12.6. The lowest BCUT2D eigenvalue weighted by Crippen LogP contribution is -2.45. The van der Waals surface area contributed by atoms with Gasteiger partial charge >= 0.3 is 0 Å². The van der Waals surface area contributed by atoms with Crippen molar-refractivity contribution in [2.24, 2.45) is 5.73 Å². The van der Waals surface area contributed by atoms with Gasteiger partial charge in [-0.05, 0) is 24.8 Å². The number of nitrogens with two attached hydrogens (primary N) is 1. The van der Waals surface area contributed by atoms with Crippen molar-refractivity contribution in [3.8, 4) is 0 Å². The van der Waals surface area contributed by atoms with Crippen molar-refractivity contribution in [2.75, 3.05) is 13.1 Å². The van der Waals surface area contributed by atoms with Crippen LogP contribution in [-0.4, -0.2) is 29.9 Å². The van der Waals surface area contributed by atoms with Crippen LogP contribution in [0.3, 0.4) is 0 Å². The lowest BCUT2D eigenvalue weighted by atomic mass is 10.1. The van der Waals surface area contributed by atoms with Crippen molar-refractivity contribution in [1.82, 2.24) is 4.90 Å². The molecule has 0 radical (unpaired) electrons. The minimum absolute atomic E-state index is 0.107. The number of unbranched alkanes of at least 4 members (excludes halogenated alkanes) is 4. The lowest BCUT2D eigenvalue weighted by molar-refractivity contribution is -0.132. The number of hydrogen-bond acceptors (Lipinski definition) is 2. The molecule has 2 N–H and O–H groups in total. The number of amides is 1. The average molecular weight is 304 g/mol. The van der Waals surface area contributed by atoms with Gasteiger partial charge in [-0.25, -0.2) is 0 Å². The smallest absolute Gasteiger partial charge is 0.239 e. The molecule has 0 saturated heterocycles. The number of carbonyl (C=O) groups is 1. The molecule has 3 nitrogen and oxygen atoms in total. The summed E-state index contributed by atoms with van der Waals surface area (Å²) in [7, 11) is 0. The van der Waals surface area contributed by atoms with E-state index in [0.29, 0.717) is 6.42 Å². The number of benzene rings is 1. The monoisotopic (exact) mass is 304 g/mol. The fourth-order valence-electron chi connectivity index (χ4n) is 2.63. The van der Waals surface area contributed by atoms with Crippen LogP contribution in [0.1, 0.15) is 57.9 Å². The molecule has 0 fully saturated rings. The number of rotatable bonds is 11. The molecular weight excluding hydrogens is 272 g/mol. The van der Waals surface area contributed by atoms with Crippen LogP contribution < -0.4 is 5.73 Å². The first kappa shape index (κ1) is 18.7. The van der Waals surface area contributed by atoms with Crippen LogP contribution in [0.15, 0.2) is 30.3 Å². The van der Waals surface area contributed by atoms with Crippen molar-refractivity contribution in [3.05, 3.63) is 35.9 Å². The normalized spacial score (nSPS) is 12.1. The Bertz CT molecular complexity index is 395. The highest BCUT2D eigenvalue weighted by Gasteiger charge is 2.20. The molecule has 1 amide bonds. The molecule has 0 aliphatic rings. The summed E-state index contributed by atoms with van der Waals surface area (Å²) < 4.78 is 0. The Balaban J connectivity index is 2.55. The SMILES string of the molecule is CCCCCN(CCCCC)C(=O)[C@@H](N)Cc1ccccc1. The van der Waals surface area contributed by atoms with Crippen molar-refractivity contribution >= 4 is 5.91 Å². The van der Waals surface area contributed by atoms with E-state index in [4.69, 9.17) is 5.73 Å². The molecule has 1 aromatic carbocycles. The largest absolute Gasteiger partial charge is 0.341 e. The highest BCUT2D eigenvalue weighted by atomic mass is 16.2. The zero-order chi connectivity index (χ0) is 16.2. The van der Waals surface area contributed by atoms with Gasteiger partial charge in [-0.2, -0.15) is 0 Å². The molecule has 0 aliphatic carbocycles. The average Bonchev–Trinajstić information content (AvgIpc) is 2.54. The molecule has 0 heterocycles. The van der Waals surface area contributed by atoms with E-state index in [0.717, 1.165) is 31.5 Å². The standard InChI is InChI=1S/C19H32N2O/c1-3-5-10-14-21(15-11-6-4-2)19(22)18(20)16-17-12-8-7-9-13-17/h7-9,12-13,18H,3-6,10-11,14-16,20H2,1-2H3/t18-/m0/s1. The van der Waals surface area contributed by atoms with Gasteiger partial charge in [-0.15, -0.1) is 0 Å². The van der Waals surface area contributed by atoms with Crippen LogP contribution in [0.25, 0.3) is 0 Å². The van der Waals surface area contributed by atoms with E-state index in [1.807, 2.05) is 35.2 Å². The molecule has 1 atom stereocenters. The maximum Gasteiger partial charge on any atom is 0.239 e. The van der Waals surface area contributed by atoms with E-state index in [-0.39, 0.29) is 5.91 Å². The van der Waals surface area contributed by atoms with Gasteiger partial charge < -0.3 is 10.6 Å². The summed E-state index contributed by atoms with van der Waals surface area (Å²) in [5, 5.41) is 0. The third-order valence-electron chi connectivity index (χ3n) is 3.99. The van der Waals surface area contributed by atoms with Crippen molar-refractivity contribution in [3.63, 3.8) is 0 Å². The molecule has 22 heavy (non-hydrogen) atoms. The van der Waals surface area contributed by atoms with Gasteiger partial charge in [0.25, 0.3) is 0 Å². The molecule has 1 aromatic rings. The predicted octanol–water partition coefficient (Wildman–Crippen LogP) is 3.77. The van der Waals surface area contributed by atoms with Crippen LogP contribution in [0.5, 0.6) is 0 Å². The molecule has 124 valence electrons. The van der Waals surface area contributed by atoms with Crippen LogP contribution in [-0.2, 0) is 11.2 Å². The zero-order valence-corrected chi connectivity index (χ0v) is 14.3. The maximum atomic E-state index is 12.6. The van der Waals surface area contributed by atoms with E-state index in [2.05, 4.69) is 13.8 Å². The summed E-state index contributed by atoms with van der Waals surface area (Å²) in [5.41, 5.74) is 7.30. The summed E-state index contributed by atoms with van der Waals surface area (Å²) in [6.45, 7) is 6.06. The highest BCUT2D eigenvalue weighted by Crippen LogP contribution is 2.08. The van der Waals surface area contributed by atoms with Crippen molar-refractivity contribution in [2.45, 2.75) is 64.8 Å². The zero-order valence-electron chi connectivity index (χ0n) is 14.3. The van der Waals surface area contributed by atoms with Crippen LogP contribution in [0, 0.1) is 0 Å². The third-order valence-corrected chi connectivity index (χ3v) is 3.99. The summed E-state index contributed by atoms with van der Waals surface area (Å²) in [5.74, 6) is 0.107. The summed E-state index contributed by atoms with van der Waals surface area (Å²) >= 11 is 0. The van der Waals surface area contributed by atoms with E-state index in [1.165, 1.54) is 25.7 Å². The minimum atomic E-state index is -0.425. The quantitative estimate of drug-likeness (QED) is 0.633. The van der Waals surface area contributed by atoms with Gasteiger partial charge in [-0.1, -0.05) is 69.9 Å². The van der Waals surface area contributed by atoms with E-state index < -0.39 is 6.04 Å². The second kappa shape index (κ2) is 11.2. The van der Waals surface area contributed by atoms with Crippen molar-refractivity contribution < 1.29 is 4.79 Å². The van der Waals surface area contributed by atoms with E-state index in [1.54, 1.807) is 0 Å². The minimum Gasteiger partial charge on any atom is -0.341 e. The van der Waals surface area contributed by atoms with Gasteiger partial charge in [0.2, 0.25) is 5.91 Å². The summed E-state index contributed by atoms with van der Waals surface area (Å²) in [6.07, 6.45) is 7.47. The number of nitrogens with zero attached hydrogens (tertiary/aromatic N) is 1. The second-order valence-corrected chi connectivity index (χ2v) is 6.04. The molecule has 3 heteroatoms. The predicted molar refractivity (Wildman–Crippen MR) is 93.8 cm³/mol. The first-order chi connectivity index (χ1) is 10.7. The van der Waals surface area contributed by atoms with Gasteiger partial charge in [0, 0.05) is 13.1 Å². The Morgan fingerprint density at radius 2 is 1.55 bits per heavy atom. The molecular formula is C19H32N2O. The fraction of sp³-hybridized carbons (Fsp3) is 0.632. The van der Waals surface area contributed by atoms with E-state index >= 15 is 0 Å².